The van der Waals surface area contributed by atoms with Crippen molar-refractivity contribution in [1.82, 2.24) is 10.2 Å². The van der Waals surface area contributed by atoms with Gasteiger partial charge in [0.1, 0.15) is 6.04 Å². The maximum absolute atomic E-state index is 13.5. The number of amides is 2. The van der Waals surface area contributed by atoms with Crippen molar-refractivity contribution < 1.29 is 23.9 Å². The molecule has 0 radical (unpaired) electrons. The standard InChI is InChI=1S/C22H16N2O5/c25-20(12-5-6-14-15(9-12)29-10-28-14)19-17-16(21(26)23-22(17)27)18-13-4-2-1-3-11(13)7-8-24(18)19/h1-9,16-19H,10H2,(H,23,26,27). The molecule has 4 unspecified atom stereocenters. The third-order valence-electron chi connectivity index (χ3n) is 6.23. The molecule has 2 fully saturated rings. The van der Waals surface area contributed by atoms with E-state index in [2.05, 4.69) is 5.32 Å². The van der Waals surface area contributed by atoms with Crippen molar-refractivity contribution in [1.29, 1.82) is 0 Å². The molecule has 0 aliphatic carbocycles. The number of carbonyl (C=O) groups excluding carboxylic acids is 3. The van der Waals surface area contributed by atoms with E-state index in [4.69, 9.17) is 9.47 Å². The minimum atomic E-state index is -0.763. The second-order valence-corrected chi connectivity index (χ2v) is 7.62. The lowest BCUT2D eigenvalue weighted by atomic mass is 9.83. The first-order chi connectivity index (χ1) is 14.1. The van der Waals surface area contributed by atoms with Crippen molar-refractivity contribution in [3.8, 4) is 11.5 Å². The first-order valence-corrected chi connectivity index (χ1v) is 9.46. The van der Waals surface area contributed by atoms with E-state index in [9.17, 15) is 14.4 Å². The van der Waals surface area contributed by atoms with Gasteiger partial charge in [0.15, 0.2) is 17.3 Å². The molecule has 7 heteroatoms. The average molecular weight is 388 g/mol. The van der Waals surface area contributed by atoms with Gasteiger partial charge in [-0.1, -0.05) is 24.3 Å². The Kier molecular flexibility index (Phi) is 3.21. The molecule has 6 rings (SSSR count). The Balaban J connectivity index is 1.47. The molecule has 2 aromatic carbocycles. The van der Waals surface area contributed by atoms with E-state index in [-0.39, 0.29) is 30.4 Å². The Morgan fingerprint density at radius 1 is 1.00 bits per heavy atom. The lowest BCUT2D eigenvalue weighted by Gasteiger charge is -2.34. The van der Waals surface area contributed by atoms with Crippen LogP contribution in [0.25, 0.3) is 6.08 Å². The molecule has 4 aliphatic heterocycles. The molecule has 2 saturated heterocycles. The number of Topliss-reactive ketones (excluding diaryl/α,β-unsaturated/α-hetero) is 1. The second kappa shape index (κ2) is 5.70. The highest BCUT2D eigenvalue weighted by molar-refractivity contribution is 6.12. The predicted octanol–water partition coefficient (Wildman–Crippen LogP) is 1.90. The number of imide groups is 1. The summed E-state index contributed by atoms with van der Waals surface area (Å²) in [5, 5.41) is 2.44. The van der Waals surface area contributed by atoms with E-state index in [0.717, 1.165) is 11.1 Å². The number of rotatable bonds is 2. The minimum Gasteiger partial charge on any atom is -0.454 e. The number of fused-ring (bicyclic) bond motifs is 6. The Morgan fingerprint density at radius 2 is 1.79 bits per heavy atom. The van der Waals surface area contributed by atoms with Crippen LogP contribution >= 0.6 is 0 Å². The van der Waals surface area contributed by atoms with Crippen molar-refractivity contribution in [2.24, 2.45) is 11.8 Å². The predicted molar refractivity (Wildman–Crippen MR) is 101 cm³/mol. The summed E-state index contributed by atoms with van der Waals surface area (Å²) in [6.07, 6.45) is 3.76. The highest BCUT2D eigenvalue weighted by Gasteiger charge is 2.61. The molecule has 2 aromatic rings. The summed E-state index contributed by atoms with van der Waals surface area (Å²) in [6.45, 7) is 0.117. The van der Waals surface area contributed by atoms with E-state index < -0.39 is 17.9 Å². The maximum Gasteiger partial charge on any atom is 0.233 e. The number of hydrogen-bond acceptors (Lipinski definition) is 6. The average Bonchev–Trinajstić information content (AvgIpc) is 3.41. The van der Waals surface area contributed by atoms with Crippen LogP contribution in [0.2, 0.25) is 0 Å². The molecule has 4 atom stereocenters. The Labute approximate surface area is 165 Å². The summed E-state index contributed by atoms with van der Waals surface area (Å²) in [5.74, 6) is -1.16. The first kappa shape index (κ1) is 16.4. The fourth-order valence-electron chi connectivity index (χ4n) is 4.99. The molecule has 4 heterocycles. The molecular formula is C22H16N2O5. The van der Waals surface area contributed by atoms with Crippen molar-refractivity contribution in [3.05, 3.63) is 65.4 Å². The summed E-state index contributed by atoms with van der Waals surface area (Å²) in [6, 6.07) is 11.7. The Hall–Kier alpha value is -3.61. The molecule has 0 aromatic heterocycles. The second-order valence-electron chi connectivity index (χ2n) is 7.62. The van der Waals surface area contributed by atoms with Crippen LogP contribution in [0.3, 0.4) is 0 Å². The van der Waals surface area contributed by atoms with Crippen LogP contribution in [0.1, 0.15) is 27.5 Å². The topological polar surface area (TPSA) is 84.9 Å². The lowest BCUT2D eigenvalue weighted by molar-refractivity contribution is -0.127. The fraction of sp³-hybridized carbons (Fsp3) is 0.227. The van der Waals surface area contributed by atoms with Gasteiger partial charge in [0.05, 0.1) is 17.9 Å². The number of ether oxygens (including phenoxy) is 2. The molecule has 0 bridgehead atoms. The number of carbonyl (C=O) groups is 3. The van der Waals surface area contributed by atoms with Crippen molar-refractivity contribution in [2.75, 3.05) is 6.79 Å². The largest absolute Gasteiger partial charge is 0.454 e. The van der Waals surface area contributed by atoms with Crippen LogP contribution in [-0.2, 0) is 9.59 Å². The molecule has 2 amide bonds. The van der Waals surface area contributed by atoms with E-state index in [1.54, 1.807) is 18.2 Å². The van der Waals surface area contributed by atoms with Crippen LogP contribution in [0.4, 0.5) is 0 Å². The molecule has 1 N–H and O–H groups in total. The van der Waals surface area contributed by atoms with Gasteiger partial charge in [-0.25, -0.2) is 0 Å². The van der Waals surface area contributed by atoms with Gasteiger partial charge < -0.3 is 14.4 Å². The maximum atomic E-state index is 13.5. The van der Waals surface area contributed by atoms with Crippen LogP contribution in [-0.4, -0.2) is 35.3 Å². The highest BCUT2D eigenvalue weighted by Crippen LogP contribution is 2.51. The van der Waals surface area contributed by atoms with Gasteiger partial charge in [-0.15, -0.1) is 0 Å². The molecule has 4 aliphatic rings. The number of nitrogens with one attached hydrogen (secondary N) is 1. The molecule has 0 saturated carbocycles. The van der Waals surface area contributed by atoms with Gasteiger partial charge in [0.25, 0.3) is 0 Å². The van der Waals surface area contributed by atoms with Crippen molar-refractivity contribution in [3.63, 3.8) is 0 Å². The number of nitrogens with zero attached hydrogens (tertiary/aromatic N) is 1. The number of benzene rings is 2. The summed E-state index contributed by atoms with van der Waals surface area (Å²) in [5.41, 5.74) is 2.38. The van der Waals surface area contributed by atoms with E-state index in [1.807, 2.05) is 41.4 Å². The molecule has 29 heavy (non-hydrogen) atoms. The van der Waals surface area contributed by atoms with Crippen molar-refractivity contribution >= 4 is 23.7 Å². The number of ketones is 1. The summed E-state index contributed by atoms with van der Waals surface area (Å²) < 4.78 is 10.7. The fourth-order valence-corrected chi connectivity index (χ4v) is 4.99. The van der Waals surface area contributed by atoms with Crippen LogP contribution in [0.15, 0.2) is 48.7 Å². The molecular weight excluding hydrogens is 372 g/mol. The molecule has 144 valence electrons. The Bertz CT molecular complexity index is 1120. The first-order valence-electron chi connectivity index (χ1n) is 9.46. The van der Waals surface area contributed by atoms with E-state index in [0.29, 0.717) is 17.1 Å². The zero-order valence-corrected chi connectivity index (χ0v) is 15.2. The smallest absolute Gasteiger partial charge is 0.233 e. The van der Waals surface area contributed by atoms with Gasteiger partial charge >= 0.3 is 0 Å². The zero-order valence-electron chi connectivity index (χ0n) is 15.2. The zero-order chi connectivity index (χ0) is 19.7. The van der Waals surface area contributed by atoms with Gasteiger partial charge in [-0.3, -0.25) is 19.7 Å². The summed E-state index contributed by atoms with van der Waals surface area (Å²) in [7, 11) is 0. The third kappa shape index (κ3) is 2.15. The SMILES string of the molecule is O=C1NC(=O)C2C1C(C(=O)c1ccc3c(c1)OCO3)N1C=Cc3ccccc3C21. The van der Waals surface area contributed by atoms with Gasteiger partial charge in [-0.2, -0.15) is 0 Å². The van der Waals surface area contributed by atoms with E-state index in [1.165, 1.54) is 0 Å². The highest BCUT2D eigenvalue weighted by atomic mass is 16.7. The van der Waals surface area contributed by atoms with Gasteiger partial charge in [0.2, 0.25) is 18.6 Å². The lowest BCUT2D eigenvalue weighted by Crippen LogP contribution is -2.42. The van der Waals surface area contributed by atoms with Gasteiger partial charge in [0, 0.05) is 11.8 Å². The quantitative estimate of drug-likeness (QED) is 0.625. The van der Waals surface area contributed by atoms with Crippen LogP contribution in [0, 0.1) is 11.8 Å². The molecule has 0 spiro atoms. The minimum absolute atomic E-state index is 0.117. The van der Waals surface area contributed by atoms with E-state index >= 15 is 0 Å². The monoisotopic (exact) mass is 388 g/mol. The third-order valence-corrected chi connectivity index (χ3v) is 6.23. The summed E-state index contributed by atoms with van der Waals surface area (Å²) >= 11 is 0. The normalized spacial score (nSPS) is 28.1. The van der Waals surface area contributed by atoms with Crippen LogP contribution in [0.5, 0.6) is 11.5 Å². The number of hydrogen-bond donors (Lipinski definition) is 1. The Morgan fingerprint density at radius 3 is 2.69 bits per heavy atom. The van der Waals surface area contributed by atoms with Crippen LogP contribution < -0.4 is 14.8 Å². The van der Waals surface area contributed by atoms with Gasteiger partial charge in [-0.05, 0) is 35.4 Å². The van der Waals surface area contributed by atoms with Crippen molar-refractivity contribution in [2.45, 2.75) is 12.1 Å². The summed E-state index contributed by atoms with van der Waals surface area (Å²) in [4.78, 5) is 40.8. The molecule has 7 nitrogen and oxygen atoms in total.